The summed E-state index contributed by atoms with van der Waals surface area (Å²) in [6.45, 7) is -0.549. The maximum absolute atomic E-state index is 12.5. The van der Waals surface area contributed by atoms with Crippen molar-refractivity contribution in [1.82, 2.24) is 4.98 Å². The first kappa shape index (κ1) is 15.1. The fourth-order valence-corrected chi connectivity index (χ4v) is 1.32. The number of halogens is 5. The molecule has 0 saturated heterocycles. The number of nitrogens with zero attached hydrogens (tertiary/aromatic N) is 1. The van der Waals surface area contributed by atoms with Crippen molar-refractivity contribution >= 4 is 5.91 Å². The molecule has 0 aliphatic heterocycles. The number of rotatable bonds is 4. The number of pyridine rings is 1. The lowest BCUT2D eigenvalue weighted by molar-refractivity contribution is -0.274. The molecule has 0 radical (unpaired) electrons. The van der Waals surface area contributed by atoms with Crippen molar-refractivity contribution in [1.29, 1.82) is 0 Å². The standard InChI is InChI=1S/C9H8F5N3O2/c10-7(11)3-1-5(19-9(12,13)14)6(8(16)18)4(2-15)17-3/h1,7H,2,15H2,(H2,16,18). The Hall–Kier alpha value is -1.97. The van der Waals surface area contributed by atoms with Crippen molar-refractivity contribution in [3.8, 4) is 5.75 Å². The summed E-state index contributed by atoms with van der Waals surface area (Å²) in [5, 5.41) is 0. The Morgan fingerprint density at radius 3 is 2.37 bits per heavy atom. The van der Waals surface area contributed by atoms with E-state index in [0.29, 0.717) is 6.07 Å². The first-order valence-electron chi connectivity index (χ1n) is 4.73. The SMILES string of the molecule is NCc1nc(C(F)F)cc(OC(F)(F)F)c1C(N)=O. The minimum atomic E-state index is -5.17. The topological polar surface area (TPSA) is 91.2 Å². The van der Waals surface area contributed by atoms with E-state index < -0.39 is 47.9 Å². The van der Waals surface area contributed by atoms with Crippen LogP contribution in [-0.4, -0.2) is 17.3 Å². The van der Waals surface area contributed by atoms with Gasteiger partial charge < -0.3 is 16.2 Å². The van der Waals surface area contributed by atoms with Gasteiger partial charge in [-0.05, 0) is 0 Å². The van der Waals surface area contributed by atoms with E-state index >= 15 is 0 Å². The van der Waals surface area contributed by atoms with Crippen LogP contribution >= 0.6 is 0 Å². The molecule has 0 aromatic carbocycles. The Bertz CT molecular complexity index is 489. The van der Waals surface area contributed by atoms with Gasteiger partial charge in [0.2, 0.25) is 0 Å². The van der Waals surface area contributed by atoms with E-state index in [2.05, 4.69) is 9.72 Å². The minimum Gasteiger partial charge on any atom is -0.405 e. The highest BCUT2D eigenvalue weighted by Gasteiger charge is 2.34. The fourth-order valence-electron chi connectivity index (χ4n) is 1.32. The Kier molecular flexibility index (Phi) is 4.24. The molecule has 0 aliphatic carbocycles. The maximum atomic E-state index is 12.5. The van der Waals surface area contributed by atoms with Crippen LogP contribution in [0.3, 0.4) is 0 Å². The smallest absolute Gasteiger partial charge is 0.405 e. The minimum absolute atomic E-state index is 0.303. The average molecular weight is 285 g/mol. The van der Waals surface area contributed by atoms with E-state index in [1.165, 1.54) is 0 Å². The number of primary amides is 1. The molecule has 4 N–H and O–H groups in total. The summed E-state index contributed by atoms with van der Waals surface area (Å²) in [6, 6.07) is 0.303. The van der Waals surface area contributed by atoms with E-state index in [-0.39, 0.29) is 0 Å². The highest BCUT2D eigenvalue weighted by atomic mass is 19.4. The number of aromatic nitrogens is 1. The lowest BCUT2D eigenvalue weighted by atomic mass is 10.1. The van der Waals surface area contributed by atoms with Crippen LogP contribution in [0, 0.1) is 0 Å². The summed E-state index contributed by atoms with van der Waals surface area (Å²) >= 11 is 0. The van der Waals surface area contributed by atoms with Gasteiger partial charge in [-0.1, -0.05) is 0 Å². The zero-order valence-electron chi connectivity index (χ0n) is 9.17. The van der Waals surface area contributed by atoms with Gasteiger partial charge in [-0.15, -0.1) is 13.2 Å². The summed E-state index contributed by atoms with van der Waals surface area (Å²) in [5.74, 6) is -2.46. The molecule has 0 saturated carbocycles. The van der Waals surface area contributed by atoms with E-state index in [4.69, 9.17) is 11.5 Å². The van der Waals surface area contributed by atoms with Crippen LogP contribution in [0.5, 0.6) is 5.75 Å². The molecule has 1 heterocycles. The molecule has 1 rings (SSSR count). The molecule has 0 bridgehead atoms. The quantitative estimate of drug-likeness (QED) is 0.819. The molecule has 1 aromatic rings. The molecule has 0 aliphatic rings. The first-order chi connectivity index (χ1) is 8.65. The second kappa shape index (κ2) is 5.34. The molecule has 0 atom stereocenters. The average Bonchev–Trinajstić information content (AvgIpc) is 2.24. The highest BCUT2D eigenvalue weighted by Crippen LogP contribution is 2.31. The normalized spacial score (nSPS) is 11.7. The van der Waals surface area contributed by atoms with Crippen molar-refractivity contribution < 1.29 is 31.5 Å². The van der Waals surface area contributed by atoms with E-state index in [1.807, 2.05) is 0 Å². The molecule has 106 valence electrons. The molecular weight excluding hydrogens is 277 g/mol. The summed E-state index contributed by atoms with van der Waals surface area (Å²) in [5.41, 5.74) is 7.74. The monoisotopic (exact) mass is 285 g/mol. The van der Waals surface area contributed by atoms with Crippen LogP contribution in [0.1, 0.15) is 28.2 Å². The zero-order valence-corrected chi connectivity index (χ0v) is 9.17. The van der Waals surface area contributed by atoms with Gasteiger partial charge in [-0.25, -0.2) is 13.8 Å². The Morgan fingerprint density at radius 2 is 2.00 bits per heavy atom. The largest absolute Gasteiger partial charge is 0.573 e. The van der Waals surface area contributed by atoms with E-state index in [0.717, 1.165) is 0 Å². The Morgan fingerprint density at radius 1 is 1.42 bits per heavy atom. The van der Waals surface area contributed by atoms with Gasteiger partial charge in [0.25, 0.3) is 12.3 Å². The molecular formula is C9H8F5N3O2. The summed E-state index contributed by atoms with van der Waals surface area (Å²) in [4.78, 5) is 14.3. The number of ether oxygens (including phenoxy) is 1. The van der Waals surface area contributed by atoms with Gasteiger partial charge in [0.1, 0.15) is 17.0 Å². The number of hydrogen-bond donors (Lipinski definition) is 2. The van der Waals surface area contributed by atoms with Gasteiger partial charge >= 0.3 is 6.36 Å². The summed E-state index contributed by atoms with van der Waals surface area (Å²) in [7, 11) is 0. The molecule has 5 nitrogen and oxygen atoms in total. The fraction of sp³-hybridized carbons (Fsp3) is 0.333. The Labute approximate surface area is 103 Å². The third-order valence-corrected chi connectivity index (χ3v) is 1.97. The van der Waals surface area contributed by atoms with Gasteiger partial charge in [0.15, 0.2) is 0 Å². The first-order valence-corrected chi connectivity index (χ1v) is 4.73. The number of alkyl halides is 5. The molecule has 1 amide bonds. The number of hydrogen-bond acceptors (Lipinski definition) is 4. The van der Waals surface area contributed by atoms with Gasteiger partial charge in [-0.3, -0.25) is 4.79 Å². The van der Waals surface area contributed by atoms with Crippen molar-refractivity contribution in [2.45, 2.75) is 19.3 Å². The van der Waals surface area contributed by atoms with Crippen LogP contribution in [0.2, 0.25) is 0 Å². The van der Waals surface area contributed by atoms with Crippen molar-refractivity contribution in [3.05, 3.63) is 23.0 Å². The molecule has 0 fully saturated rings. The van der Waals surface area contributed by atoms with Gasteiger partial charge in [0.05, 0.1) is 5.69 Å². The summed E-state index contributed by atoms with van der Waals surface area (Å²) < 4.78 is 64.9. The van der Waals surface area contributed by atoms with Crippen LogP contribution in [0.25, 0.3) is 0 Å². The number of amides is 1. The maximum Gasteiger partial charge on any atom is 0.573 e. The summed E-state index contributed by atoms with van der Waals surface area (Å²) in [6.07, 6.45) is -8.32. The number of carbonyl (C=O) groups excluding carboxylic acids is 1. The lowest BCUT2D eigenvalue weighted by Crippen LogP contribution is -2.24. The highest BCUT2D eigenvalue weighted by molar-refractivity contribution is 5.96. The van der Waals surface area contributed by atoms with Gasteiger partial charge in [-0.2, -0.15) is 0 Å². The van der Waals surface area contributed by atoms with Crippen molar-refractivity contribution in [3.63, 3.8) is 0 Å². The zero-order chi connectivity index (χ0) is 14.8. The Balaban J connectivity index is 3.45. The predicted molar refractivity (Wildman–Crippen MR) is 52.3 cm³/mol. The van der Waals surface area contributed by atoms with Crippen molar-refractivity contribution in [2.24, 2.45) is 11.5 Å². The van der Waals surface area contributed by atoms with E-state index in [1.54, 1.807) is 0 Å². The predicted octanol–water partition coefficient (Wildman–Crippen LogP) is 1.48. The second-order valence-electron chi connectivity index (χ2n) is 3.28. The van der Waals surface area contributed by atoms with Crippen molar-refractivity contribution in [2.75, 3.05) is 0 Å². The molecule has 1 aromatic heterocycles. The van der Waals surface area contributed by atoms with Crippen LogP contribution in [0.4, 0.5) is 22.0 Å². The molecule has 19 heavy (non-hydrogen) atoms. The van der Waals surface area contributed by atoms with Crippen LogP contribution in [-0.2, 0) is 6.54 Å². The second-order valence-corrected chi connectivity index (χ2v) is 3.28. The van der Waals surface area contributed by atoms with Gasteiger partial charge in [0, 0.05) is 12.6 Å². The van der Waals surface area contributed by atoms with E-state index in [9.17, 15) is 26.7 Å². The lowest BCUT2D eigenvalue weighted by Gasteiger charge is -2.15. The molecule has 0 unspecified atom stereocenters. The molecule has 0 spiro atoms. The number of nitrogens with two attached hydrogens (primary N) is 2. The third kappa shape index (κ3) is 3.74. The van der Waals surface area contributed by atoms with Crippen LogP contribution in [0.15, 0.2) is 6.07 Å². The third-order valence-electron chi connectivity index (χ3n) is 1.97. The van der Waals surface area contributed by atoms with Crippen LogP contribution < -0.4 is 16.2 Å². The number of carbonyl (C=O) groups is 1. The molecule has 10 heteroatoms.